The highest BCUT2D eigenvalue weighted by atomic mass is 19.1. The average molecular weight is 259 g/mol. The first-order valence-corrected chi connectivity index (χ1v) is 6.78. The summed E-state index contributed by atoms with van der Waals surface area (Å²) < 4.78 is 16.0. The van der Waals surface area contributed by atoms with Crippen LogP contribution in [0.25, 0.3) is 5.69 Å². The molecule has 1 N–H and O–H groups in total. The Morgan fingerprint density at radius 3 is 3.00 bits per heavy atom. The SMILES string of the molecule is CNCc1c(F)cccc1-n1cnc2c1CCCC2. The van der Waals surface area contributed by atoms with Gasteiger partial charge in [-0.3, -0.25) is 0 Å². The minimum Gasteiger partial charge on any atom is -0.316 e. The molecule has 1 aromatic heterocycles. The van der Waals surface area contributed by atoms with Crippen LogP contribution < -0.4 is 5.32 Å². The minimum absolute atomic E-state index is 0.162. The smallest absolute Gasteiger partial charge is 0.129 e. The van der Waals surface area contributed by atoms with Crippen molar-refractivity contribution in [1.82, 2.24) is 14.9 Å². The zero-order valence-corrected chi connectivity index (χ0v) is 11.1. The van der Waals surface area contributed by atoms with Crippen LogP contribution in [0.1, 0.15) is 29.8 Å². The second-order valence-corrected chi connectivity index (χ2v) is 4.98. The van der Waals surface area contributed by atoms with Crippen molar-refractivity contribution in [3.8, 4) is 5.69 Å². The van der Waals surface area contributed by atoms with E-state index in [0.717, 1.165) is 18.5 Å². The maximum absolute atomic E-state index is 14.0. The standard InChI is InChI=1S/C15H18FN3/c1-17-9-11-12(16)5-4-8-14(11)19-10-18-13-6-2-3-7-15(13)19/h4-5,8,10,17H,2-3,6-7,9H2,1H3. The van der Waals surface area contributed by atoms with Crippen LogP contribution in [-0.2, 0) is 19.4 Å². The van der Waals surface area contributed by atoms with Gasteiger partial charge in [-0.2, -0.15) is 0 Å². The number of rotatable bonds is 3. The van der Waals surface area contributed by atoms with E-state index in [-0.39, 0.29) is 5.82 Å². The summed E-state index contributed by atoms with van der Waals surface area (Å²) in [6, 6.07) is 5.24. The van der Waals surface area contributed by atoms with Crippen LogP contribution in [0.2, 0.25) is 0 Å². The quantitative estimate of drug-likeness (QED) is 0.918. The first-order valence-electron chi connectivity index (χ1n) is 6.78. The number of imidazole rings is 1. The number of fused-ring (bicyclic) bond motifs is 1. The molecule has 100 valence electrons. The average Bonchev–Trinajstić information content (AvgIpc) is 2.85. The van der Waals surface area contributed by atoms with Gasteiger partial charge in [-0.1, -0.05) is 6.07 Å². The zero-order valence-electron chi connectivity index (χ0n) is 11.1. The van der Waals surface area contributed by atoms with E-state index in [1.165, 1.54) is 30.3 Å². The maximum Gasteiger partial charge on any atom is 0.129 e. The van der Waals surface area contributed by atoms with E-state index in [1.807, 2.05) is 19.4 Å². The molecule has 0 bridgehead atoms. The zero-order chi connectivity index (χ0) is 13.2. The van der Waals surface area contributed by atoms with E-state index in [4.69, 9.17) is 0 Å². The second kappa shape index (κ2) is 5.13. The molecule has 19 heavy (non-hydrogen) atoms. The Morgan fingerprint density at radius 1 is 1.32 bits per heavy atom. The normalized spacial score (nSPS) is 14.4. The summed E-state index contributed by atoms with van der Waals surface area (Å²) in [5, 5.41) is 3.03. The Bertz CT molecular complexity index is 589. The van der Waals surface area contributed by atoms with Crippen LogP contribution in [0, 0.1) is 5.82 Å². The molecule has 1 aromatic carbocycles. The molecular weight excluding hydrogens is 241 g/mol. The highest BCUT2D eigenvalue weighted by Gasteiger charge is 2.18. The van der Waals surface area contributed by atoms with E-state index in [2.05, 4.69) is 14.9 Å². The van der Waals surface area contributed by atoms with E-state index >= 15 is 0 Å². The Hall–Kier alpha value is -1.68. The Morgan fingerprint density at radius 2 is 2.16 bits per heavy atom. The fraction of sp³-hybridized carbons (Fsp3) is 0.400. The molecule has 3 rings (SSSR count). The number of nitrogens with zero attached hydrogens (tertiary/aromatic N) is 2. The predicted molar refractivity (Wildman–Crippen MR) is 72.9 cm³/mol. The van der Waals surface area contributed by atoms with E-state index in [0.29, 0.717) is 12.1 Å². The van der Waals surface area contributed by atoms with Gasteiger partial charge >= 0.3 is 0 Å². The summed E-state index contributed by atoms with van der Waals surface area (Å²) in [6.45, 7) is 0.523. The summed E-state index contributed by atoms with van der Waals surface area (Å²) >= 11 is 0. The number of aryl methyl sites for hydroxylation is 1. The minimum atomic E-state index is -0.162. The van der Waals surface area contributed by atoms with Gasteiger partial charge in [0, 0.05) is 17.8 Å². The summed E-state index contributed by atoms with van der Waals surface area (Å²) in [7, 11) is 1.83. The molecule has 1 aliphatic rings. The highest BCUT2D eigenvalue weighted by Crippen LogP contribution is 2.25. The van der Waals surface area contributed by atoms with Crippen molar-refractivity contribution >= 4 is 0 Å². The molecule has 0 spiro atoms. The third-order valence-corrected chi connectivity index (χ3v) is 3.74. The number of aromatic nitrogens is 2. The third kappa shape index (κ3) is 2.16. The predicted octanol–water partition coefficient (Wildman–Crippen LogP) is 2.61. The monoisotopic (exact) mass is 259 g/mol. The number of hydrogen-bond acceptors (Lipinski definition) is 2. The molecule has 0 atom stereocenters. The van der Waals surface area contributed by atoms with Gasteiger partial charge < -0.3 is 9.88 Å². The van der Waals surface area contributed by atoms with Crippen LogP contribution in [0.3, 0.4) is 0 Å². The molecular formula is C15H18FN3. The number of hydrogen-bond donors (Lipinski definition) is 1. The summed E-state index contributed by atoms with van der Waals surface area (Å²) in [5.74, 6) is -0.162. The Kier molecular flexibility index (Phi) is 3.34. The fourth-order valence-corrected chi connectivity index (χ4v) is 2.80. The van der Waals surface area contributed by atoms with Crippen LogP contribution in [-0.4, -0.2) is 16.6 Å². The molecule has 4 heteroatoms. The topological polar surface area (TPSA) is 29.9 Å². The first-order chi connectivity index (χ1) is 9.31. The summed E-state index contributed by atoms with van der Waals surface area (Å²) in [5.41, 5.74) is 4.03. The van der Waals surface area contributed by atoms with Crippen molar-refractivity contribution in [1.29, 1.82) is 0 Å². The number of halogens is 1. The number of benzene rings is 1. The van der Waals surface area contributed by atoms with E-state index < -0.39 is 0 Å². The van der Waals surface area contributed by atoms with Gasteiger partial charge in [-0.25, -0.2) is 9.37 Å². The van der Waals surface area contributed by atoms with Crippen molar-refractivity contribution in [3.63, 3.8) is 0 Å². The van der Waals surface area contributed by atoms with Gasteiger partial charge in [-0.15, -0.1) is 0 Å². The molecule has 0 saturated carbocycles. The lowest BCUT2D eigenvalue weighted by Crippen LogP contribution is -2.13. The molecule has 0 unspecified atom stereocenters. The molecule has 0 radical (unpaired) electrons. The first kappa shape index (κ1) is 12.4. The van der Waals surface area contributed by atoms with Crippen molar-refractivity contribution in [2.24, 2.45) is 0 Å². The molecule has 2 aromatic rings. The van der Waals surface area contributed by atoms with Crippen molar-refractivity contribution < 1.29 is 4.39 Å². The highest BCUT2D eigenvalue weighted by molar-refractivity contribution is 5.44. The van der Waals surface area contributed by atoms with Crippen molar-refractivity contribution in [2.45, 2.75) is 32.2 Å². The van der Waals surface area contributed by atoms with Crippen LogP contribution in [0.4, 0.5) is 4.39 Å². The third-order valence-electron chi connectivity index (χ3n) is 3.74. The van der Waals surface area contributed by atoms with E-state index in [1.54, 1.807) is 6.07 Å². The largest absolute Gasteiger partial charge is 0.316 e. The lowest BCUT2D eigenvalue weighted by molar-refractivity contribution is 0.596. The van der Waals surface area contributed by atoms with Crippen molar-refractivity contribution in [2.75, 3.05) is 7.05 Å². The molecule has 1 aliphatic carbocycles. The van der Waals surface area contributed by atoms with Crippen LogP contribution in [0.5, 0.6) is 0 Å². The molecule has 3 nitrogen and oxygen atoms in total. The van der Waals surface area contributed by atoms with Crippen LogP contribution >= 0.6 is 0 Å². The Balaban J connectivity index is 2.11. The van der Waals surface area contributed by atoms with Gasteiger partial charge in [0.1, 0.15) is 5.82 Å². The van der Waals surface area contributed by atoms with Crippen molar-refractivity contribution in [3.05, 3.63) is 47.3 Å². The lowest BCUT2D eigenvalue weighted by Gasteiger charge is -2.17. The number of nitrogens with one attached hydrogen (secondary N) is 1. The summed E-state index contributed by atoms with van der Waals surface area (Å²) in [6.07, 6.45) is 6.31. The molecule has 0 amide bonds. The molecule has 0 saturated heterocycles. The maximum atomic E-state index is 14.0. The van der Waals surface area contributed by atoms with Crippen LogP contribution in [0.15, 0.2) is 24.5 Å². The summed E-state index contributed by atoms with van der Waals surface area (Å²) in [4.78, 5) is 4.48. The van der Waals surface area contributed by atoms with Gasteiger partial charge in [-0.05, 0) is 44.9 Å². The van der Waals surface area contributed by atoms with Gasteiger partial charge in [0.2, 0.25) is 0 Å². The molecule has 1 heterocycles. The molecule has 0 aliphatic heterocycles. The van der Waals surface area contributed by atoms with E-state index in [9.17, 15) is 4.39 Å². The Labute approximate surface area is 112 Å². The molecule has 0 fully saturated rings. The lowest BCUT2D eigenvalue weighted by atomic mass is 10.0. The fourth-order valence-electron chi connectivity index (χ4n) is 2.80. The van der Waals surface area contributed by atoms with Gasteiger partial charge in [0.25, 0.3) is 0 Å². The van der Waals surface area contributed by atoms with Gasteiger partial charge in [0.05, 0.1) is 17.7 Å². The second-order valence-electron chi connectivity index (χ2n) is 4.98. The van der Waals surface area contributed by atoms with Gasteiger partial charge in [0.15, 0.2) is 0 Å².